The molecule has 3 aliphatic heterocycles. The van der Waals surface area contributed by atoms with E-state index >= 15 is 0 Å². The highest BCUT2D eigenvalue weighted by Crippen LogP contribution is 2.59. The average molecular weight is 579 g/mol. The lowest BCUT2D eigenvalue weighted by Crippen LogP contribution is -2.73. The van der Waals surface area contributed by atoms with Crippen LogP contribution in [0.15, 0.2) is 65.7 Å². The van der Waals surface area contributed by atoms with Crippen LogP contribution in [0, 0.1) is 61.2 Å². The van der Waals surface area contributed by atoms with Crippen molar-refractivity contribution in [3.8, 4) is 12.1 Å². The topological polar surface area (TPSA) is 69.7 Å². The lowest BCUT2D eigenvalue weighted by Gasteiger charge is -2.61. The molecule has 2 fully saturated rings. The van der Waals surface area contributed by atoms with E-state index in [4.69, 9.17) is 28.8 Å². The second-order valence-corrected chi connectivity index (χ2v) is 12.3. The van der Waals surface area contributed by atoms with E-state index in [1.54, 1.807) is 0 Å². The third-order valence-corrected chi connectivity index (χ3v) is 10.1. The molecule has 3 aromatic carbocycles. The van der Waals surface area contributed by atoms with Crippen molar-refractivity contribution < 1.29 is 0 Å². The van der Waals surface area contributed by atoms with E-state index < -0.39 is 16.7 Å². The van der Waals surface area contributed by atoms with Gasteiger partial charge in [0.2, 0.25) is 0 Å². The molecule has 2 bridgehead atoms. The third-order valence-electron chi connectivity index (χ3n) is 9.18. The minimum absolute atomic E-state index is 0.345. The number of rotatable bonds is 3. The molecular formula is C33H31ClN6S. The monoisotopic (exact) mass is 578 g/mol. The maximum atomic E-state index is 11.2. The van der Waals surface area contributed by atoms with Gasteiger partial charge in [-0.2, -0.15) is 10.5 Å². The van der Waals surface area contributed by atoms with E-state index in [1.165, 1.54) is 16.7 Å². The Morgan fingerprint density at radius 2 is 1.41 bits per heavy atom. The molecule has 6 rings (SSSR count). The number of fused-ring (bicyclic) bond motifs is 4. The third kappa shape index (κ3) is 4.02. The molecule has 3 aliphatic rings. The molecule has 2 saturated heterocycles. The SMILES string of the molecule is Cc1ccc(N2CN=C3N(C2)C(=S)[C@@]2(C#N)CN(c4ccc(C)c(C)c4)C[C@@]3(C#N)[C@H]2c2ccccc2Cl)cc1C. The van der Waals surface area contributed by atoms with Gasteiger partial charge in [0, 0.05) is 35.4 Å². The maximum absolute atomic E-state index is 11.2. The fourth-order valence-electron chi connectivity index (χ4n) is 6.68. The Labute approximate surface area is 252 Å². The Bertz CT molecular complexity index is 1700. The Morgan fingerprint density at radius 3 is 2.00 bits per heavy atom. The van der Waals surface area contributed by atoms with E-state index in [1.807, 2.05) is 29.2 Å². The van der Waals surface area contributed by atoms with Crippen LogP contribution in [-0.4, -0.2) is 42.2 Å². The summed E-state index contributed by atoms with van der Waals surface area (Å²) in [6, 6.07) is 25.5. The van der Waals surface area contributed by atoms with Gasteiger partial charge in [-0.1, -0.05) is 54.2 Å². The Morgan fingerprint density at radius 1 is 0.829 bits per heavy atom. The van der Waals surface area contributed by atoms with Crippen LogP contribution < -0.4 is 9.80 Å². The zero-order chi connectivity index (χ0) is 29.1. The molecule has 8 heteroatoms. The molecule has 0 saturated carbocycles. The first-order valence-corrected chi connectivity index (χ1v) is 14.5. The van der Waals surface area contributed by atoms with E-state index in [2.05, 4.69) is 86.0 Å². The average Bonchev–Trinajstić information content (AvgIpc) is 2.98. The smallest absolute Gasteiger partial charge is 0.141 e. The molecule has 3 aromatic rings. The van der Waals surface area contributed by atoms with Crippen LogP contribution in [0.1, 0.15) is 33.7 Å². The van der Waals surface area contributed by atoms with Gasteiger partial charge in [0.05, 0.1) is 18.8 Å². The number of piperidine rings is 2. The molecule has 206 valence electrons. The molecule has 3 atom stereocenters. The summed E-state index contributed by atoms with van der Waals surface area (Å²) in [5.74, 6) is 0.0478. The van der Waals surface area contributed by atoms with Crippen LogP contribution in [0.4, 0.5) is 11.4 Å². The van der Waals surface area contributed by atoms with Crippen molar-refractivity contribution in [2.24, 2.45) is 15.8 Å². The van der Waals surface area contributed by atoms with Crippen molar-refractivity contribution in [3.05, 3.63) is 93.5 Å². The summed E-state index contributed by atoms with van der Waals surface area (Å²) in [5.41, 5.74) is 5.17. The molecule has 0 aliphatic carbocycles. The first-order chi connectivity index (χ1) is 19.6. The number of hydrogen-bond acceptors (Lipinski definition) is 6. The second-order valence-electron chi connectivity index (χ2n) is 11.6. The number of halogens is 1. The maximum Gasteiger partial charge on any atom is 0.141 e. The quantitative estimate of drug-likeness (QED) is 0.323. The van der Waals surface area contributed by atoms with Gasteiger partial charge in [0.25, 0.3) is 0 Å². The Balaban J connectivity index is 1.55. The van der Waals surface area contributed by atoms with Crippen LogP contribution in [0.3, 0.4) is 0 Å². The molecule has 0 radical (unpaired) electrons. The van der Waals surface area contributed by atoms with E-state index in [0.29, 0.717) is 42.3 Å². The molecule has 0 spiro atoms. The Kier molecular flexibility index (Phi) is 6.57. The summed E-state index contributed by atoms with van der Waals surface area (Å²) in [7, 11) is 0. The van der Waals surface area contributed by atoms with Gasteiger partial charge in [-0.3, -0.25) is 0 Å². The largest absolute Gasteiger partial charge is 0.367 e. The molecule has 0 amide bonds. The number of amidine groups is 1. The van der Waals surface area contributed by atoms with Crippen LogP contribution in [0.25, 0.3) is 0 Å². The molecule has 41 heavy (non-hydrogen) atoms. The first-order valence-electron chi connectivity index (χ1n) is 13.7. The number of anilines is 2. The number of aryl methyl sites for hydroxylation is 4. The summed E-state index contributed by atoms with van der Waals surface area (Å²) in [6.07, 6.45) is 0. The first kappa shape index (κ1) is 27.3. The number of benzene rings is 3. The molecular weight excluding hydrogens is 548 g/mol. The van der Waals surface area contributed by atoms with Crippen LogP contribution >= 0.6 is 23.8 Å². The van der Waals surface area contributed by atoms with E-state index in [-0.39, 0.29) is 0 Å². The van der Waals surface area contributed by atoms with Gasteiger partial charge >= 0.3 is 0 Å². The van der Waals surface area contributed by atoms with Gasteiger partial charge in [0.1, 0.15) is 28.3 Å². The highest BCUT2D eigenvalue weighted by atomic mass is 35.5. The van der Waals surface area contributed by atoms with Crippen molar-refractivity contribution in [2.75, 3.05) is 36.2 Å². The fourth-order valence-corrected chi connectivity index (χ4v) is 7.30. The van der Waals surface area contributed by atoms with Gasteiger partial charge < -0.3 is 14.7 Å². The predicted molar refractivity (Wildman–Crippen MR) is 168 cm³/mol. The molecule has 6 nitrogen and oxygen atoms in total. The normalized spacial score (nSPS) is 25.2. The van der Waals surface area contributed by atoms with E-state index in [9.17, 15) is 10.5 Å². The summed E-state index contributed by atoms with van der Waals surface area (Å²) >= 11 is 13.1. The minimum Gasteiger partial charge on any atom is -0.367 e. The zero-order valence-corrected chi connectivity index (χ0v) is 25.2. The molecule has 0 unspecified atom stereocenters. The van der Waals surface area contributed by atoms with Crippen molar-refractivity contribution in [3.63, 3.8) is 0 Å². The van der Waals surface area contributed by atoms with Gasteiger partial charge in [-0.15, -0.1) is 0 Å². The zero-order valence-electron chi connectivity index (χ0n) is 23.6. The predicted octanol–water partition coefficient (Wildman–Crippen LogP) is 6.67. The van der Waals surface area contributed by atoms with Crippen molar-refractivity contribution in [1.82, 2.24) is 4.90 Å². The number of aliphatic imine (C=N–C) groups is 1. The lowest BCUT2D eigenvalue weighted by molar-refractivity contribution is 0.206. The summed E-state index contributed by atoms with van der Waals surface area (Å²) < 4.78 is 0. The molecule has 3 heterocycles. The highest BCUT2D eigenvalue weighted by molar-refractivity contribution is 7.80. The van der Waals surface area contributed by atoms with Crippen LogP contribution in [0.2, 0.25) is 5.02 Å². The van der Waals surface area contributed by atoms with Crippen molar-refractivity contribution in [2.45, 2.75) is 33.6 Å². The van der Waals surface area contributed by atoms with Crippen LogP contribution in [-0.2, 0) is 0 Å². The number of thiocarbonyl (C=S) groups is 1. The fraction of sp³-hybridized carbons (Fsp3) is 0.333. The Hall–Kier alpha value is -3.91. The van der Waals surface area contributed by atoms with Crippen LogP contribution in [0.5, 0.6) is 0 Å². The summed E-state index contributed by atoms with van der Waals surface area (Å²) in [6.45, 7) is 9.87. The summed E-state index contributed by atoms with van der Waals surface area (Å²) in [5, 5.41) is 22.8. The van der Waals surface area contributed by atoms with Crippen molar-refractivity contribution in [1.29, 1.82) is 10.5 Å². The number of nitrogens with zero attached hydrogens (tertiary/aromatic N) is 6. The summed E-state index contributed by atoms with van der Waals surface area (Å²) in [4.78, 5) is 11.8. The number of hydrogen-bond donors (Lipinski definition) is 0. The van der Waals surface area contributed by atoms with Crippen molar-refractivity contribution >= 4 is 46.0 Å². The van der Waals surface area contributed by atoms with E-state index in [0.717, 1.165) is 22.5 Å². The second kappa shape index (κ2) is 9.87. The standard InChI is InChI=1S/C33H31ClN6S/c1-21-9-11-25(13-23(21)3)38-17-32(15-35)29(27-7-5-6-8-28(27)34)33(16-36,18-38)31(41)40-20-39(19-37-30(32)40)26-12-10-22(2)24(4)14-26/h5-14,29H,17-20H2,1-4H3/t29-,32+,33+/m1/s1. The minimum atomic E-state index is -1.20. The highest BCUT2D eigenvalue weighted by Gasteiger charge is 2.68. The molecule has 0 N–H and O–H groups in total. The number of nitriles is 2. The van der Waals surface area contributed by atoms with Gasteiger partial charge in [-0.25, -0.2) is 4.99 Å². The van der Waals surface area contributed by atoms with Gasteiger partial charge in [0.15, 0.2) is 0 Å². The lowest BCUT2D eigenvalue weighted by atomic mass is 9.53. The molecule has 0 aromatic heterocycles. The van der Waals surface area contributed by atoms with Gasteiger partial charge in [-0.05, 0) is 85.8 Å².